The predicted molar refractivity (Wildman–Crippen MR) is 104 cm³/mol. The van der Waals surface area contributed by atoms with Crippen LogP contribution < -0.4 is 5.32 Å². The molecule has 1 saturated heterocycles. The normalized spacial score (nSPS) is 17.9. The number of carbonyl (C=O) groups excluding carboxylic acids is 2. The SMILES string of the molecule is O=C1CCC(=O)OC2(CNCCc3c2ccc(Cl)c3C#Cc2ccccc2F)O1. The number of fused-ring (bicyclic) bond motifs is 2. The molecule has 2 heterocycles. The van der Waals surface area contributed by atoms with Crippen molar-refractivity contribution in [1.29, 1.82) is 0 Å². The Balaban J connectivity index is 1.86. The molecule has 1 N–H and O–H groups in total. The van der Waals surface area contributed by atoms with Gasteiger partial charge >= 0.3 is 11.9 Å². The molecule has 4 rings (SSSR count). The molecule has 0 bridgehead atoms. The fourth-order valence-electron chi connectivity index (χ4n) is 3.50. The Hall–Kier alpha value is -2.88. The van der Waals surface area contributed by atoms with E-state index in [0.717, 1.165) is 0 Å². The predicted octanol–water partition coefficient (Wildman–Crippen LogP) is 3.06. The van der Waals surface area contributed by atoms with Crippen LogP contribution in [-0.4, -0.2) is 25.0 Å². The van der Waals surface area contributed by atoms with E-state index in [1.165, 1.54) is 6.07 Å². The van der Waals surface area contributed by atoms with E-state index in [-0.39, 0.29) is 24.9 Å². The summed E-state index contributed by atoms with van der Waals surface area (Å²) in [5.74, 6) is 2.74. The van der Waals surface area contributed by atoms with Gasteiger partial charge in [0, 0.05) is 11.1 Å². The highest BCUT2D eigenvalue weighted by Gasteiger charge is 2.45. The van der Waals surface area contributed by atoms with E-state index in [2.05, 4.69) is 17.2 Å². The smallest absolute Gasteiger partial charge is 0.309 e. The van der Waals surface area contributed by atoms with Gasteiger partial charge in [-0.25, -0.2) is 4.39 Å². The van der Waals surface area contributed by atoms with Crippen LogP contribution in [0.3, 0.4) is 0 Å². The standard InChI is InChI=1S/C22H17ClFNO4/c23-18-8-7-17-15(16(18)6-5-14-3-1-2-4-19(14)24)11-12-25-13-22(17)28-20(26)9-10-21(27)29-22/h1-4,7-8,25H,9-13H2. The van der Waals surface area contributed by atoms with Gasteiger partial charge in [-0.2, -0.15) is 0 Å². The summed E-state index contributed by atoms with van der Waals surface area (Å²) in [4.78, 5) is 24.3. The van der Waals surface area contributed by atoms with Crippen molar-refractivity contribution in [3.63, 3.8) is 0 Å². The molecule has 0 atom stereocenters. The molecule has 0 saturated carbocycles. The van der Waals surface area contributed by atoms with Crippen LogP contribution in [0.25, 0.3) is 0 Å². The molecule has 0 radical (unpaired) electrons. The third kappa shape index (κ3) is 3.84. The van der Waals surface area contributed by atoms with Gasteiger partial charge in [-0.15, -0.1) is 0 Å². The molecule has 2 aromatic carbocycles. The Morgan fingerprint density at radius 1 is 1.00 bits per heavy atom. The first kappa shape index (κ1) is 19.4. The zero-order chi connectivity index (χ0) is 20.4. The first-order chi connectivity index (χ1) is 14.0. The molecular formula is C22H17ClFNO4. The van der Waals surface area contributed by atoms with E-state index < -0.39 is 23.5 Å². The van der Waals surface area contributed by atoms with Crippen LogP contribution in [0, 0.1) is 17.7 Å². The minimum Gasteiger partial charge on any atom is -0.416 e. The van der Waals surface area contributed by atoms with Crippen molar-refractivity contribution in [1.82, 2.24) is 5.32 Å². The molecule has 2 aliphatic heterocycles. The van der Waals surface area contributed by atoms with Crippen LogP contribution in [0.5, 0.6) is 0 Å². The average molecular weight is 414 g/mol. The maximum absolute atomic E-state index is 14.0. The van der Waals surface area contributed by atoms with Gasteiger partial charge in [0.2, 0.25) is 0 Å². The molecule has 1 fully saturated rings. The molecule has 2 aromatic rings. The van der Waals surface area contributed by atoms with Crippen LogP contribution in [0.15, 0.2) is 36.4 Å². The van der Waals surface area contributed by atoms with E-state index >= 15 is 0 Å². The van der Waals surface area contributed by atoms with Gasteiger partial charge in [0.15, 0.2) is 0 Å². The molecular weight excluding hydrogens is 397 g/mol. The number of halogens is 2. The zero-order valence-electron chi connectivity index (χ0n) is 15.4. The molecule has 0 aromatic heterocycles. The van der Waals surface area contributed by atoms with E-state index in [9.17, 15) is 14.0 Å². The van der Waals surface area contributed by atoms with Gasteiger partial charge in [0.25, 0.3) is 5.79 Å². The van der Waals surface area contributed by atoms with Crippen molar-refractivity contribution in [3.8, 4) is 11.8 Å². The van der Waals surface area contributed by atoms with E-state index in [1.807, 2.05) is 0 Å². The molecule has 0 amide bonds. The Morgan fingerprint density at radius 3 is 2.45 bits per heavy atom. The minimum atomic E-state index is -1.57. The quantitative estimate of drug-likeness (QED) is 0.531. The van der Waals surface area contributed by atoms with Crippen LogP contribution in [0.1, 0.15) is 35.1 Å². The lowest BCUT2D eigenvalue weighted by molar-refractivity contribution is -0.225. The summed E-state index contributed by atoms with van der Waals surface area (Å²) in [5, 5.41) is 3.53. The van der Waals surface area contributed by atoms with Gasteiger partial charge in [-0.05, 0) is 42.8 Å². The molecule has 5 nitrogen and oxygen atoms in total. The Labute approximate surface area is 172 Å². The molecule has 0 aliphatic carbocycles. The molecule has 2 aliphatic rings. The summed E-state index contributed by atoms with van der Waals surface area (Å²) in [5.41, 5.74) is 1.96. The van der Waals surface area contributed by atoms with Gasteiger partial charge in [-0.3, -0.25) is 9.59 Å². The minimum absolute atomic E-state index is 0.0382. The highest BCUT2D eigenvalue weighted by Crippen LogP contribution is 2.37. The third-order valence-electron chi connectivity index (χ3n) is 4.87. The number of esters is 2. The first-order valence-electron chi connectivity index (χ1n) is 9.21. The van der Waals surface area contributed by atoms with Crippen LogP contribution in [0.4, 0.5) is 4.39 Å². The molecule has 148 valence electrons. The summed E-state index contributed by atoms with van der Waals surface area (Å²) >= 11 is 6.41. The first-order valence-corrected chi connectivity index (χ1v) is 9.59. The Bertz CT molecular complexity index is 1040. The van der Waals surface area contributed by atoms with E-state index in [4.69, 9.17) is 21.1 Å². The molecule has 0 unspecified atom stereocenters. The third-order valence-corrected chi connectivity index (χ3v) is 5.18. The number of hydrogen-bond donors (Lipinski definition) is 1. The Morgan fingerprint density at radius 2 is 1.72 bits per heavy atom. The van der Waals surface area contributed by atoms with Crippen molar-refractivity contribution < 1.29 is 23.5 Å². The molecule has 1 spiro atoms. The lowest BCUT2D eigenvalue weighted by atomic mass is 9.93. The van der Waals surface area contributed by atoms with Crippen molar-refractivity contribution in [3.05, 3.63) is 69.5 Å². The molecule has 29 heavy (non-hydrogen) atoms. The Kier molecular flexibility index (Phi) is 5.27. The molecule has 7 heteroatoms. The second-order valence-electron chi connectivity index (χ2n) is 6.81. The summed E-state index contributed by atoms with van der Waals surface area (Å²) in [6.45, 7) is 0.665. The number of hydrogen-bond acceptors (Lipinski definition) is 5. The number of carbonyl (C=O) groups is 2. The second kappa shape index (κ2) is 7.86. The summed E-state index contributed by atoms with van der Waals surface area (Å²) in [6.07, 6.45) is 0.445. The number of ether oxygens (including phenoxy) is 2. The van der Waals surface area contributed by atoms with Gasteiger partial charge in [0.1, 0.15) is 5.82 Å². The van der Waals surface area contributed by atoms with Crippen LogP contribution in [0.2, 0.25) is 5.02 Å². The monoisotopic (exact) mass is 413 g/mol. The summed E-state index contributed by atoms with van der Waals surface area (Å²) in [6, 6.07) is 9.50. The highest BCUT2D eigenvalue weighted by molar-refractivity contribution is 6.31. The maximum Gasteiger partial charge on any atom is 0.309 e. The van der Waals surface area contributed by atoms with Crippen molar-refractivity contribution in [2.75, 3.05) is 13.1 Å². The lowest BCUT2D eigenvalue weighted by Crippen LogP contribution is -2.43. The number of nitrogens with one attached hydrogen (secondary N) is 1. The lowest BCUT2D eigenvalue weighted by Gasteiger charge is -2.31. The van der Waals surface area contributed by atoms with E-state index in [1.54, 1.807) is 30.3 Å². The van der Waals surface area contributed by atoms with Crippen molar-refractivity contribution >= 4 is 23.5 Å². The second-order valence-corrected chi connectivity index (χ2v) is 7.21. The van der Waals surface area contributed by atoms with E-state index in [0.29, 0.717) is 34.7 Å². The van der Waals surface area contributed by atoms with Gasteiger partial charge < -0.3 is 14.8 Å². The average Bonchev–Trinajstić information content (AvgIpc) is 2.95. The van der Waals surface area contributed by atoms with Crippen molar-refractivity contribution in [2.45, 2.75) is 25.0 Å². The summed E-state index contributed by atoms with van der Waals surface area (Å²) in [7, 11) is 0. The van der Waals surface area contributed by atoms with Gasteiger partial charge in [0.05, 0.1) is 30.0 Å². The maximum atomic E-state index is 14.0. The zero-order valence-corrected chi connectivity index (χ0v) is 16.1. The van der Waals surface area contributed by atoms with Crippen molar-refractivity contribution in [2.24, 2.45) is 0 Å². The van der Waals surface area contributed by atoms with Crippen LogP contribution >= 0.6 is 11.6 Å². The fraction of sp³-hybridized carbons (Fsp3) is 0.273. The fourth-order valence-corrected chi connectivity index (χ4v) is 3.73. The highest BCUT2D eigenvalue weighted by atomic mass is 35.5. The number of rotatable bonds is 0. The number of benzene rings is 2. The topological polar surface area (TPSA) is 64.6 Å². The van der Waals surface area contributed by atoms with Crippen LogP contribution in [-0.2, 0) is 31.3 Å². The van der Waals surface area contributed by atoms with Gasteiger partial charge in [-0.1, -0.05) is 35.6 Å². The largest absolute Gasteiger partial charge is 0.416 e. The summed E-state index contributed by atoms with van der Waals surface area (Å²) < 4.78 is 25.1.